The molecule has 1 fully saturated rings. The molecule has 1 aliphatic carbocycles. The van der Waals surface area contributed by atoms with Gasteiger partial charge >= 0.3 is 0 Å². The minimum atomic E-state index is -0.109. The number of fused-ring (bicyclic) bond motifs is 2. The monoisotopic (exact) mass is 387 g/mol. The molecule has 0 atom stereocenters. The average molecular weight is 387 g/mol. The minimum absolute atomic E-state index is 0.109. The number of benzene rings is 2. The zero-order valence-corrected chi connectivity index (χ0v) is 16.5. The Kier molecular flexibility index (Phi) is 4.72. The molecular weight excluding hydrogens is 362 g/mol. The van der Waals surface area contributed by atoms with E-state index in [2.05, 4.69) is 23.1 Å². The van der Waals surface area contributed by atoms with Gasteiger partial charge in [-0.3, -0.25) is 9.69 Å². The molecule has 0 spiro atoms. The molecule has 4 nitrogen and oxygen atoms in total. The Bertz CT molecular complexity index is 1030. The average Bonchev–Trinajstić information content (AvgIpc) is 3.15. The maximum absolute atomic E-state index is 13.0. The number of Topliss-reactive ketones (excluding diaryl/α,β-unsaturated/α-hetero) is 1. The number of phenolic OH excluding ortho intramolecular Hbond substituents is 1. The van der Waals surface area contributed by atoms with Crippen LogP contribution in [0.3, 0.4) is 0 Å². The van der Waals surface area contributed by atoms with E-state index in [1.807, 2.05) is 18.2 Å². The number of likely N-dealkylation sites (tertiary alicyclic amines) is 1. The molecule has 4 heteroatoms. The van der Waals surface area contributed by atoms with Gasteiger partial charge in [0, 0.05) is 6.54 Å². The Morgan fingerprint density at radius 3 is 2.62 bits per heavy atom. The summed E-state index contributed by atoms with van der Waals surface area (Å²) in [6, 6.07) is 11.5. The molecule has 2 aliphatic heterocycles. The maximum atomic E-state index is 13.0. The third-order valence-electron chi connectivity index (χ3n) is 6.15. The van der Waals surface area contributed by atoms with E-state index < -0.39 is 0 Å². The summed E-state index contributed by atoms with van der Waals surface area (Å²) in [7, 11) is 0. The summed E-state index contributed by atoms with van der Waals surface area (Å²) in [6.45, 7) is 2.65. The lowest BCUT2D eigenvalue weighted by atomic mass is 10.0. The fourth-order valence-electron chi connectivity index (χ4n) is 4.56. The van der Waals surface area contributed by atoms with Crippen LogP contribution < -0.4 is 4.74 Å². The highest BCUT2D eigenvalue weighted by atomic mass is 16.5. The molecular formula is C25H25NO3. The third-order valence-corrected chi connectivity index (χ3v) is 6.15. The van der Waals surface area contributed by atoms with Crippen molar-refractivity contribution in [2.24, 2.45) is 0 Å². The Morgan fingerprint density at radius 2 is 1.79 bits per heavy atom. The molecule has 0 aromatic heterocycles. The first kappa shape index (κ1) is 18.2. The fraction of sp³-hybridized carbons (Fsp3) is 0.320. The molecule has 2 heterocycles. The van der Waals surface area contributed by atoms with Crippen molar-refractivity contribution in [3.05, 3.63) is 76.6 Å². The second-order valence-electron chi connectivity index (χ2n) is 8.09. The molecule has 0 saturated carbocycles. The van der Waals surface area contributed by atoms with Crippen molar-refractivity contribution in [2.45, 2.75) is 38.6 Å². The standard InChI is InChI=1S/C25H25NO3/c27-22-12-11-20-24(28)23(15-18-10-9-17-7-3-4-8-19(17)18)29-25(20)21(22)16-26-13-5-1-2-6-14-26/h3-4,7-8,10-12,15,27H,1-2,5-6,9,13-14,16H2/b23-15-. The van der Waals surface area contributed by atoms with E-state index in [-0.39, 0.29) is 11.5 Å². The van der Waals surface area contributed by atoms with Crippen LogP contribution in [0.5, 0.6) is 11.5 Å². The molecule has 1 N–H and O–H groups in total. The number of nitrogens with zero attached hydrogens (tertiary/aromatic N) is 1. The highest BCUT2D eigenvalue weighted by Gasteiger charge is 2.32. The zero-order chi connectivity index (χ0) is 19.8. The van der Waals surface area contributed by atoms with Gasteiger partial charge < -0.3 is 9.84 Å². The summed E-state index contributed by atoms with van der Waals surface area (Å²) in [4.78, 5) is 15.3. The van der Waals surface area contributed by atoms with Crippen LogP contribution in [-0.2, 0) is 13.0 Å². The second kappa shape index (κ2) is 7.53. The molecule has 2 aromatic carbocycles. The molecule has 0 amide bonds. The summed E-state index contributed by atoms with van der Waals surface area (Å²) >= 11 is 0. The number of hydrogen-bond acceptors (Lipinski definition) is 4. The van der Waals surface area contributed by atoms with Gasteiger partial charge in [0.2, 0.25) is 5.78 Å². The second-order valence-corrected chi connectivity index (χ2v) is 8.09. The van der Waals surface area contributed by atoms with Crippen molar-refractivity contribution < 1.29 is 14.6 Å². The first-order valence-corrected chi connectivity index (χ1v) is 10.5. The predicted octanol–water partition coefficient (Wildman–Crippen LogP) is 4.87. The van der Waals surface area contributed by atoms with E-state index in [1.165, 1.54) is 31.2 Å². The number of ether oxygens (including phenoxy) is 1. The van der Waals surface area contributed by atoms with Gasteiger partial charge in [-0.25, -0.2) is 0 Å². The number of rotatable bonds is 3. The van der Waals surface area contributed by atoms with Gasteiger partial charge in [-0.2, -0.15) is 0 Å². The normalized spacial score (nSPS) is 20.2. The fourth-order valence-corrected chi connectivity index (χ4v) is 4.56. The smallest absolute Gasteiger partial charge is 0.231 e. The van der Waals surface area contributed by atoms with Crippen molar-refractivity contribution >= 4 is 11.4 Å². The van der Waals surface area contributed by atoms with E-state index in [1.54, 1.807) is 12.1 Å². The van der Waals surface area contributed by atoms with Crippen molar-refractivity contribution in [3.8, 4) is 11.5 Å². The maximum Gasteiger partial charge on any atom is 0.231 e. The SMILES string of the molecule is O=C1/C(=C/C2=CCc3ccccc32)Oc2c1ccc(O)c2CN1CCCCCC1. The van der Waals surface area contributed by atoms with Crippen LogP contribution in [-0.4, -0.2) is 28.9 Å². The van der Waals surface area contributed by atoms with Crippen molar-refractivity contribution in [1.29, 1.82) is 0 Å². The van der Waals surface area contributed by atoms with Crippen LogP contribution in [0.15, 0.2) is 54.3 Å². The summed E-state index contributed by atoms with van der Waals surface area (Å²) in [5.41, 5.74) is 4.71. The largest absolute Gasteiger partial charge is 0.507 e. The quantitative estimate of drug-likeness (QED) is 0.764. The van der Waals surface area contributed by atoms with E-state index in [0.717, 1.165) is 36.2 Å². The first-order valence-electron chi connectivity index (χ1n) is 10.5. The molecule has 29 heavy (non-hydrogen) atoms. The Hall–Kier alpha value is -2.85. The van der Waals surface area contributed by atoms with Crippen LogP contribution in [0.1, 0.15) is 52.7 Å². The highest BCUT2D eigenvalue weighted by molar-refractivity contribution is 6.14. The highest BCUT2D eigenvalue weighted by Crippen LogP contribution is 2.41. The van der Waals surface area contributed by atoms with Gasteiger partial charge in [0.25, 0.3) is 0 Å². The number of carbonyl (C=O) groups is 1. The molecule has 2 aromatic rings. The number of hydrogen-bond donors (Lipinski definition) is 1. The Balaban J connectivity index is 1.45. The molecule has 1 saturated heterocycles. The van der Waals surface area contributed by atoms with Gasteiger partial charge in [-0.15, -0.1) is 0 Å². The Morgan fingerprint density at radius 1 is 1.00 bits per heavy atom. The predicted molar refractivity (Wildman–Crippen MR) is 113 cm³/mol. The van der Waals surface area contributed by atoms with E-state index in [0.29, 0.717) is 23.6 Å². The van der Waals surface area contributed by atoms with Crippen LogP contribution in [0.25, 0.3) is 5.57 Å². The van der Waals surface area contributed by atoms with Crippen molar-refractivity contribution in [1.82, 2.24) is 4.90 Å². The number of allylic oxidation sites excluding steroid dienone is 4. The summed E-state index contributed by atoms with van der Waals surface area (Å²) in [5.74, 6) is 0.956. The minimum Gasteiger partial charge on any atom is -0.507 e. The molecule has 148 valence electrons. The summed E-state index contributed by atoms with van der Waals surface area (Å²) in [6.07, 6.45) is 9.72. The lowest BCUT2D eigenvalue weighted by Gasteiger charge is -2.21. The van der Waals surface area contributed by atoms with Crippen LogP contribution >= 0.6 is 0 Å². The lowest BCUT2D eigenvalue weighted by molar-refractivity contribution is 0.101. The number of phenols is 1. The summed E-state index contributed by atoms with van der Waals surface area (Å²) in [5, 5.41) is 10.5. The Labute approximate surface area is 171 Å². The first-order chi connectivity index (χ1) is 14.2. The van der Waals surface area contributed by atoms with Gasteiger partial charge in [0.1, 0.15) is 11.5 Å². The van der Waals surface area contributed by atoms with Gasteiger partial charge in [-0.1, -0.05) is 43.2 Å². The summed E-state index contributed by atoms with van der Waals surface area (Å²) < 4.78 is 6.06. The molecule has 5 rings (SSSR count). The van der Waals surface area contributed by atoms with Crippen molar-refractivity contribution in [3.63, 3.8) is 0 Å². The van der Waals surface area contributed by atoms with E-state index in [9.17, 15) is 9.90 Å². The number of aromatic hydroxyl groups is 1. The molecule has 0 radical (unpaired) electrons. The van der Waals surface area contributed by atoms with Gasteiger partial charge in [-0.05, 0) is 67.3 Å². The van der Waals surface area contributed by atoms with E-state index in [4.69, 9.17) is 4.74 Å². The number of ketones is 1. The lowest BCUT2D eigenvalue weighted by Crippen LogP contribution is -2.24. The topological polar surface area (TPSA) is 49.8 Å². The van der Waals surface area contributed by atoms with Crippen molar-refractivity contribution in [2.75, 3.05) is 13.1 Å². The molecule has 0 bridgehead atoms. The van der Waals surface area contributed by atoms with Crippen LogP contribution in [0.2, 0.25) is 0 Å². The van der Waals surface area contributed by atoms with Crippen LogP contribution in [0, 0.1) is 0 Å². The van der Waals surface area contributed by atoms with Gasteiger partial charge in [0.05, 0.1) is 11.1 Å². The molecule has 3 aliphatic rings. The van der Waals surface area contributed by atoms with Crippen LogP contribution in [0.4, 0.5) is 0 Å². The van der Waals surface area contributed by atoms with E-state index >= 15 is 0 Å². The number of carbonyl (C=O) groups excluding carboxylic acids is 1. The molecule has 0 unspecified atom stereocenters. The zero-order valence-electron chi connectivity index (χ0n) is 16.5. The van der Waals surface area contributed by atoms with Gasteiger partial charge in [0.15, 0.2) is 5.76 Å². The third kappa shape index (κ3) is 3.38.